The van der Waals surface area contributed by atoms with Gasteiger partial charge in [-0.2, -0.15) is 0 Å². The number of oxime groups is 1. The standard InChI is InChI=1S/C10H22N2O2/c1-10(2,3)6-8-14-7-4-5-9(11)12-13/h13H,4-8H2,1-3H3,(H2,11,12). The molecule has 0 atom stereocenters. The molecule has 0 unspecified atom stereocenters. The van der Waals surface area contributed by atoms with Gasteiger partial charge in [-0.15, -0.1) is 0 Å². The second kappa shape index (κ2) is 6.65. The average molecular weight is 202 g/mol. The fourth-order valence-electron chi connectivity index (χ4n) is 0.886. The normalized spacial score (nSPS) is 13.2. The van der Waals surface area contributed by atoms with Crippen molar-refractivity contribution in [2.45, 2.75) is 40.0 Å². The van der Waals surface area contributed by atoms with E-state index in [4.69, 9.17) is 15.7 Å². The first-order valence-electron chi connectivity index (χ1n) is 5.00. The third kappa shape index (κ3) is 9.32. The summed E-state index contributed by atoms with van der Waals surface area (Å²) < 4.78 is 5.41. The zero-order valence-corrected chi connectivity index (χ0v) is 9.42. The molecule has 0 radical (unpaired) electrons. The Balaban J connectivity index is 3.23. The second-order valence-electron chi connectivity index (χ2n) is 4.62. The number of nitrogens with two attached hydrogens (primary N) is 1. The molecule has 3 N–H and O–H groups in total. The Morgan fingerprint density at radius 3 is 2.50 bits per heavy atom. The van der Waals surface area contributed by atoms with Crippen LogP contribution in [0.5, 0.6) is 0 Å². The highest BCUT2D eigenvalue weighted by Crippen LogP contribution is 2.17. The minimum absolute atomic E-state index is 0.268. The third-order valence-electron chi connectivity index (χ3n) is 1.85. The van der Waals surface area contributed by atoms with E-state index in [0.717, 1.165) is 19.4 Å². The fourth-order valence-corrected chi connectivity index (χ4v) is 0.886. The third-order valence-corrected chi connectivity index (χ3v) is 1.85. The van der Waals surface area contributed by atoms with Gasteiger partial charge < -0.3 is 15.7 Å². The zero-order chi connectivity index (χ0) is 11.0. The van der Waals surface area contributed by atoms with Crippen LogP contribution in [0.1, 0.15) is 40.0 Å². The maximum absolute atomic E-state index is 8.27. The lowest BCUT2D eigenvalue weighted by atomic mass is 9.93. The van der Waals surface area contributed by atoms with E-state index < -0.39 is 0 Å². The summed E-state index contributed by atoms with van der Waals surface area (Å²) in [4.78, 5) is 0. The summed E-state index contributed by atoms with van der Waals surface area (Å²) in [5.41, 5.74) is 5.63. The van der Waals surface area contributed by atoms with Crippen molar-refractivity contribution in [3.8, 4) is 0 Å². The number of nitrogens with zero attached hydrogens (tertiary/aromatic N) is 1. The van der Waals surface area contributed by atoms with Gasteiger partial charge in [0.1, 0.15) is 5.84 Å². The van der Waals surface area contributed by atoms with Crippen LogP contribution in [-0.2, 0) is 4.74 Å². The van der Waals surface area contributed by atoms with Gasteiger partial charge in [0, 0.05) is 19.6 Å². The molecule has 0 aliphatic heterocycles. The van der Waals surface area contributed by atoms with Crippen molar-refractivity contribution in [3.05, 3.63) is 0 Å². The summed E-state index contributed by atoms with van der Waals surface area (Å²) >= 11 is 0. The summed E-state index contributed by atoms with van der Waals surface area (Å²) in [5.74, 6) is 0.268. The van der Waals surface area contributed by atoms with Crippen LogP contribution in [0.4, 0.5) is 0 Å². The van der Waals surface area contributed by atoms with Crippen LogP contribution in [0.3, 0.4) is 0 Å². The van der Waals surface area contributed by atoms with E-state index in [0.29, 0.717) is 18.4 Å². The molecule has 0 amide bonds. The molecule has 0 aliphatic carbocycles. The van der Waals surface area contributed by atoms with Crippen molar-refractivity contribution in [1.82, 2.24) is 0 Å². The number of amidine groups is 1. The summed E-state index contributed by atoms with van der Waals surface area (Å²) in [5, 5.41) is 11.2. The molecule has 0 aromatic heterocycles. The summed E-state index contributed by atoms with van der Waals surface area (Å²) in [6, 6.07) is 0. The first-order chi connectivity index (χ1) is 6.45. The Hall–Kier alpha value is -0.770. The van der Waals surface area contributed by atoms with Crippen molar-refractivity contribution in [2.75, 3.05) is 13.2 Å². The molecule has 14 heavy (non-hydrogen) atoms. The molecular formula is C10H22N2O2. The lowest BCUT2D eigenvalue weighted by Crippen LogP contribution is -2.13. The Morgan fingerprint density at radius 1 is 1.36 bits per heavy atom. The molecule has 0 aromatic rings. The molecule has 0 aromatic carbocycles. The van der Waals surface area contributed by atoms with Crippen molar-refractivity contribution < 1.29 is 9.94 Å². The second-order valence-corrected chi connectivity index (χ2v) is 4.62. The highest BCUT2D eigenvalue weighted by Gasteiger charge is 2.08. The van der Waals surface area contributed by atoms with Crippen LogP contribution >= 0.6 is 0 Å². The van der Waals surface area contributed by atoms with E-state index in [1.165, 1.54) is 0 Å². The Morgan fingerprint density at radius 2 is 2.00 bits per heavy atom. The number of rotatable bonds is 6. The van der Waals surface area contributed by atoms with E-state index in [2.05, 4.69) is 25.9 Å². The lowest BCUT2D eigenvalue weighted by Gasteiger charge is -2.17. The Kier molecular flexibility index (Phi) is 6.28. The molecule has 0 saturated heterocycles. The highest BCUT2D eigenvalue weighted by molar-refractivity contribution is 5.79. The Labute approximate surface area is 86.1 Å². The minimum Gasteiger partial charge on any atom is -0.409 e. The number of hydrogen-bond acceptors (Lipinski definition) is 3. The minimum atomic E-state index is 0.268. The smallest absolute Gasteiger partial charge is 0.139 e. The quantitative estimate of drug-likeness (QED) is 0.227. The van der Waals surface area contributed by atoms with Gasteiger partial charge in [-0.1, -0.05) is 25.9 Å². The first kappa shape index (κ1) is 13.2. The van der Waals surface area contributed by atoms with Gasteiger partial charge in [0.05, 0.1) is 0 Å². The summed E-state index contributed by atoms with van der Waals surface area (Å²) in [6.07, 6.45) is 2.45. The van der Waals surface area contributed by atoms with Gasteiger partial charge in [0.2, 0.25) is 0 Å². The van der Waals surface area contributed by atoms with Gasteiger partial charge in [0.25, 0.3) is 0 Å². The van der Waals surface area contributed by atoms with Gasteiger partial charge in [-0.25, -0.2) is 0 Å². The van der Waals surface area contributed by atoms with E-state index in [1.807, 2.05) is 0 Å². The van der Waals surface area contributed by atoms with Gasteiger partial charge in [-0.05, 0) is 18.3 Å². The van der Waals surface area contributed by atoms with Gasteiger partial charge in [0.15, 0.2) is 0 Å². The molecule has 4 heteroatoms. The molecule has 0 fully saturated rings. The van der Waals surface area contributed by atoms with Crippen molar-refractivity contribution in [1.29, 1.82) is 0 Å². The SMILES string of the molecule is CC(C)(C)CCOCCCC(N)=NO. The molecule has 0 saturated carbocycles. The number of ether oxygens (including phenoxy) is 1. The monoisotopic (exact) mass is 202 g/mol. The van der Waals surface area contributed by atoms with Crippen LogP contribution in [0.2, 0.25) is 0 Å². The summed E-state index contributed by atoms with van der Waals surface area (Å²) in [6.45, 7) is 8.01. The maximum Gasteiger partial charge on any atom is 0.139 e. The molecular weight excluding hydrogens is 180 g/mol. The van der Waals surface area contributed by atoms with E-state index in [1.54, 1.807) is 0 Å². The number of hydrogen-bond donors (Lipinski definition) is 2. The highest BCUT2D eigenvalue weighted by atomic mass is 16.5. The molecule has 0 spiro atoms. The van der Waals surface area contributed by atoms with Crippen molar-refractivity contribution >= 4 is 5.84 Å². The van der Waals surface area contributed by atoms with Crippen LogP contribution in [0.25, 0.3) is 0 Å². The average Bonchev–Trinajstić information content (AvgIpc) is 2.08. The molecule has 0 bridgehead atoms. The largest absolute Gasteiger partial charge is 0.409 e. The molecule has 84 valence electrons. The Bertz CT molecular complexity index is 173. The van der Waals surface area contributed by atoms with Crippen LogP contribution in [0.15, 0.2) is 5.16 Å². The predicted molar refractivity (Wildman–Crippen MR) is 57.5 cm³/mol. The van der Waals surface area contributed by atoms with E-state index in [9.17, 15) is 0 Å². The first-order valence-corrected chi connectivity index (χ1v) is 5.00. The topological polar surface area (TPSA) is 67.8 Å². The zero-order valence-electron chi connectivity index (χ0n) is 9.42. The van der Waals surface area contributed by atoms with Gasteiger partial charge >= 0.3 is 0 Å². The molecule has 4 nitrogen and oxygen atoms in total. The summed E-state index contributed by atoms with van der Waals surface area (Å²) in [7, 11) is 0. The molecule has 0 aliphatic rings. The van der Waals surface area contributed by atoms with E-state index in [-0.39, 0.29) is 5.84 Å². The van der Waals surface area contributed by atoms with Crippen LogP contribution in [0, 0.1) is 5.41 Å². The molecule has 0 rings (SSSR count). The van der Waals surface area contributed by atoms with Crippen LogP contribution in [-0.4, -0.2) is 24.3 Å². The fraction of sp³-hybridized carbons (Fsp3) is 0.900. The predicted octanol–water partition coefficient (Wildman–Crippen LogP) is 1.97. The molecule has 0 heterocycles. The van der Waals surface area contributed by atoms with Gasteiger partial charge in [-0.3, -0.25) is 0 Å². The van der Waals surface area contributed by atoms with E-state index >= 15 is 0 Å². The van der Waals surface area contributed by atoms with Crippen molar-refractivity contribution in [2.24, 2.45) is 16.3 Å². The maximum atomic E-state index is 8.27. The lowest BCUT2D eigenvalue weighted by molar-refractivity contribution is 0.107. The van der Waals surface area contributed by atoms with Crippen LogP contribution < -0.4 is 5.73 Å². The van der Waals surface area contributed by atoms with Crippen molar-refractivity contribution in [3.63, 3.8) is 0 Å².